The zero-order chi connectivity index (χ0) is 35.6. The Labute approximate surface area is 304 Å². The SMILES string of the molecule is CC.CCOC(=O)CCCOc1ccc2c(c1)c(C=C1Sc3cc(-c4c(OC)cccc4OC)ccc3N1C)cc(Cl)[n+]2Cc1ccccc1. The third kappa shape index (κ3) is 8.20. The number of thioether (sulfide) groups is 1. The molecule has 5 aromatic rings. The molecule has 260 valence electrons. The number of esters is 1. The van der Waals surface area contributed by atoms with Crippen LogP contribution in [-0.2, 0) is 16.1 Å². The molecule has 0 saturated carbocycles. The van der Waals surface area contributed by atoms with Gasteiger partial charge in [-0.05, 0) is 78.5 Å². The van der Waals surface area contributed by atoms with Crippen LogP contribution >= 0.6 is 23.4 Å². The number of carbonyl (C=O) groups is 1. The summed E-state index contributed by atoms with van der Waals surface area (Å²) in [7, 11) is 5.43. The lowest BCUT2D eigenvalue weighted by molar-refractivity contribution is -0.660. The summed E-state index contributed by atoms with van der Waals surface area (Å²) < 4.78 is 24.7. The quantitative estimate of drug-likeness (QED) is 0.0553. The van der Waals surface area contributed by atoms with Gasteiger partial charge < -0.3 is 23.8 Å². The Balaban J connectivity index is 0.00000239. The summed E-state index contributed by atoms with van der Waals surface area (Å²) >= 11 is 8.73. The summed E-state index contributed by atoms with van der Waals surface area (Å²) in [6.07, 6.45) is 3.07. The zero-order valence-corrected chi connectivity index (χ0v) is 31.1. The standard InChI is InChI=1S/C39H38ClN2O5S.C2H6/c1-5-46-38(43)15-10-20-47-29-17-19-31-30(24-29)28(22-36(40)42(31)25-26-11-7-6-8-12-26)23-37-41(2)32-18-16-27(21-35(32)48-37)39-33(44-3)13-9-14-34(39)45-4;1-2/h6-9,11-14,16-19,21-24H,5,10,15,20,25H2,1-4H3;1-2H3/q+1;. The molecule has 50 heavy (non-hydrogen) atoms. The third-order valence-electron chi connectivity index (χ3n) is 8.25. The van der Waals surface area contributed by atoms with Crippen LogP contribution in [0.15, 0.2) is 101 Å². The summed E-state index contributed by atoms with van der Waals surface area (Å²) in [6, 6.07) is 30.6. The molecule has 7 nitrogen and oxygen atoms in total. The molecule has 0 bridgehead atoms. The fourth-order valence-corrected chi connectivity index (χ4v) is 7.29. The Hall–Kier alpha value is -4.66. The van der Waals surface area contributed by atoms with Gasteiger partial charge in [-0.2, -0.15) is 4.57 Å². The van der Waals surface area contributed by atoms with E-state index in [-0.39, 0.29) is 5.97 Å². The average Bonchev–Trinajstić information content (AvgIpc) is 3.46. The van der Waals surface area contributed by atoms with Crippen LogP contribution in [-0.4, -0.2) is 40.5 Å². The van der Waals surface area contributed by atoms with Crippen LogP contribution in [0, 0.1) is 0 Å². The van der Waals surface area contributed by atoms with E-state index in [1.807, 2.05) is 69.3 Å². The maximum atomic E-state index is 11.8. The van der Waals surface area contributed by atoms with Crippen molar-refractivity contribution in [1.82, 2.24) is 0 Å². The molecule has 1 aliphatic rings. The number of benzene rings is 4. The topological polar surface area (TPSA) is 61.1 Å². The van der Waals surface area contributed by atoms with Gasteiger partial charge in [0.2, 0.25) is 5.52 Å². The number of fused-ring (bicyclic) bond motifs is 2. The number of halogens is 1. The van der Waals surface area contributed by atoms with Crippen molar-refractivity contribution < 1.29 is 28.3 Å². The fraction of sp³-hybridized carbons (Fsp3) is 0.268. The van der Waals surface area contributed by atoms with Crippen LogP contribution in [0.25, 0.3) is 28.1 Å². The first kappa shape index (κ1) is 36.6. The van der Waals surface area contributed by atoms with Crippen LogP contribution in [0.3, 0.4) is 0 Å². The van der Waals surface area contributed by atoms with E-state index < -0.39 is 0 Å². The molecule has 0 atom stereocenters. The van der Waals surface area contributed by atoms with E-state index in [4.69, 9.17) is 30.5 Å². The van der Waals surface area contributed by atoms with E-state index >= 15 is 0 Å². The van der Waals surface area contributed by atoms with Crippen molar-refractivity contribution in [2.45, 2.75) is 45.1 Å². The summed E-state index contributed by atoms with van der Waals surface area (Å²) in [5.74, 6) is 2.04. The molecule has 0 spiro atoms. The number of nitrogens with zero attached hydrogens (tertiary/aromatic N) is 2. The Bertz CT molecular complexity index is 1960. The molecule has 4 aromatic carbocycles. The van der Waals surface area contributed by atoms with Crippen molar-refractivity contribution in [3.63, 3.8) is 0 Å². The van der Waals surface area contributed by atoms with Gasteiger partial charge in [-0.1, -0.05) is 68.1 Å². The van der Waals surface area contributed by atoms with E-state index in [2.05, 4.69) is 65.1 Å². The minimum absolute atomic E-state index is 0.210. The molecule has 0 aliphatic carbocycles. The summed E-state index contributed by atoms with van der Waals surface area (Å²) in [5.41, 5.74) is 6.17. The summed E-state index contributed by atoms with van der Waals surface area (Å²) in [4.78, 5) is 15.1. The van der Waals surface area contributed by atoms with E-state index in [0.29, 0.717) is 37.8 Å². The zero-order valence-electron chi connectivity index (χ0n) is 29.5. The first-order valence-corrected chi connectivity index (χ1v) is 18.1. The average molecular weight is 712 g/mol. The van der Waals surface area contributed by atoms with Gasteiger partial charge in [0, 0.05) is 36.1 Å². The number of anilines is 1. The molecular formula is C41H44ClN2O5S+. The van der Waals surface area contributed by atoms with Crippen molar-refractivity contribution in [1.29, 1.82) is 0 Å². The highest BCUT2D eigenvalue weighted by Crippen LogP contribution is 2.49. The second-order valence-electron chi connectivity index (χ2n) is 11.3. The minimum Gasteiger partial charge on any atom is -0.496 e. The molecule has 0 fully saturated rings. The van der Waals surface area contributed by atoms with Gasteiger partial charge in [-0.3, -0.25) is 4.79 Å². The normalized spacial score (nSPS) is 12.7. The number of ether oxygens (including phenoxy) is 4. The molecule has 9 heteroatoms. The molecule has 1 aromatic heterocycles. The smallest absolute Gasteiger partial charge is 0.305 e. The lowest BCUT2D eigenvalue weighted by atomic mass is 10.0. The maximum Gasteiger partial charge on any atom is 0.305 e. The van der Waals surface area contributed by atoms with Gasteiger partial charge in [-0.15, -0.1) is 0 Å². The highest BCUT2D eigenvalue weighted by Gasteiger charge is 2.26. The number of hydrogen-bond donors (Lipinski definition) is 0. The second kappa shape index (κ2) is 17.3. The van der Waals surface area contributed by atoms with Gasteiger partial charge in [0.15, 0.2) is 6.54 Å². The van der Waals surface area contributed by atoms with Crippen molar-refractivity contribution in [3.8, 4) is 28.4 Å². The predicted molar refractivity (Wildman–Crippen MR) is 205 cm³/mol. The molecule has 1 aliphatic heterocycles. The van der Waals surface area contributed by atoms with Crippen LogP contribution in [0.2, 0.25) is 5.15 Å². The Kier molecular flexibility index (Phi) is 12.7. The minimum atomic E-state index is -0.210. The fourth-order valence-electron chi connectivity index (χ4n) is 5.88. The molecule has 0 unspecified atom stereocenters. The van der Waals surface area contributed by atoms with Crippen LogP contribution in [0.4, 0.5) is 5.69 Å². The number of aromatic nitrogens is 1. The van der Waals surface area contributed by atoms with Crippen LogP contribution in [0.1, 0.15) is 44.7 Å². The highest BCUT2D eigenvalue weighted by molar-refractivity contribution is 8.03. The highest BCUT2D eigenvalue weighted by atomic mass is 35.5. The van der Waals surface area contributed by atoms with Crippen molar-refractivity contribution in [2.24, 2.45) is 0 Å². The Morgan fingerprint density at radius 2 is 1.66 bits per heavy atom. The number of methoxy groups -OCH3 is 2. The largest absolute Gasteiger partial charge is 0.496 e. The number of hydrogen-bond acceptors (Lipinski definition) is 7. The molecule has 0 amide bonds. The van der Waals surface area contributed by atoms with E-state index in [9.17, 15) is 4.79 Å². The van der Waals surface area contributed by atoms with E-state index in [0.717, 1.165) is 66.0 Å². The van der Waals surface area contributed by atoms with Gasteiger partial charge in [0.25, 0.3) is 5.15 Å². The van der Waals surface area contributed by atoms with Gasteiger partial charge in [0.05, 0.1) is 49.1 Å². The number of carbonyl (C=O) groups excluding carboxylic acids is 1. The predicted octanol–water partition coefficient (Wildman–Crippen LogP) is 9.80. The molecule has 0 radical (unpaired) electrons. The van der Waals surface area contributed by atoms with E-state index in [1.165, 1.54) is 0 Å². The first-order chi connectivity index (χ1) is 24.4. The van der Waals surface area contributed by atoms with Crippen molar-refractivity contribution in [3.05, 3.63) is 112 Å². The summed E-state index contributed by atoms with van der Waals surface area (Å²) in [5, 5.41) is 2.71. The lowest BCUT2D eigenvalue weighted by Gasteiger charge is -2.16. The van der Waals surface area contributed by atoms with Crippen LogP contribution < -0.4 is 23.7 Å². The second-order valence-corrected chi connectivity index (χ2v) is 12.7. The van der Waals surface area contributed by atoms with Gasteiger partial charge >= 0.3 is 5.97 Å². The molecule has 2 heterocycles. The van der Waals surface area contributed by atoms with Gasteiger partial charge in [-0.25, -0.2) is 0 Å². The molecular weight excluding hydrogens is 668 g/mol. The van der Waals surface area contributed by atoms with E-state index in [1.54, 1.807) is 26.0 Å². The van der Waals surface area contributed by atoms with Crippen LogP contribution in [0.5, 0.6) is 17.2 Å². The third-order valence-corrected chi connectivity index (χ3v) is 9.71. The molecule has 0 saturated heterocycles. The lowest BCUT2D eigenvalue weighted by Crippen LogP contribution is -2.36. The molecule has 0 N–H and O–H groups in total. The maximum absolute atomic E-state index is 11.8. The number of pyridine rings is 1. The van der Waals surface area contributed by atoms with Gasteiger partial charge in [0.1, 0.15) is 17.2 Å². The summed E-state index contributed by atoms with van der Waals surface area (Å²) in [6.45, 7) is 7.22. The van der Waals surface area contributed by atoms with Crippen molar-refractivity contribution in [2.75, 3.05) is 39.4 Å². The Morgan fingerprint density at radius 3 is 2.36 bits per heavy atom. The molecule has 6 rings (SSSR count). The monoisotopic (exact) mass is 711 g/mol. The van der Waals surface area contributed by atoms with Crippen molar-refractivity contribution >= 4 is 52.0 Å². The number of rotatable bonds is 12. The first-order valence-electron chi connectivity index (χ1n) is 16.9. The Morgan fingerprint density at radius 1 is 0.920 bits per heavy atom.